The molecular formula is C12H21N3O2S. The predicted octanol–water partition coefficient (Wildman–Crippen LogP) is 1.49. The molecule has 0 aliphatic heterocycles. The van der Waals surface area contributed by atoms with Crippen LogP contribution >= 0.6 is 11.3 Å². The molecule has 0 aliphatic rings. The summed E-state index contributed by atoms with van der Waals surface area (Å²) in [7, 11) is 0. The van der Waals surface area contributed by atoms with Crippen LogP contribution in [0, 0.1) is 0 Å². The minimum Gasteiger partial charge on any atom is -0.396 e. The van der Waals surface area contributed by atoms with Gasteiger partial charge in [0, 0.05) is 37.4 Å². The SMILES string of the molecule is CC(C)c1nc(CCNC(=O)NCCCO)cs1. The highest BCUT2D eigenvalue weighted by Gasteiger charge is 2.06. The number of amides is 2. The Hall–Kier alpha value is -1.14. The highest BCUT2D eigenvalue weighted by atomic mass is 32.1. The molecular weight excluding hydrogens is 250 g/mol. The van der Waals surface area contributed by atoms with Crippen LogP contribution in [0.4, 0.5) is 4.79 Å². The van der Waals surface area contributed by atoms with Crippen LogP contribution in [-0.4, -0.2) is 35.8 Å². The van der Waals surface area contributed by atoms with E-state index in [-0.39, 0.29) is 12.6 Å². The number of aliphatic hydroxyl groups is 1. The Labute approximate surface area is 112 Å². The zero-order valence-electron chi connectivity index (χ0n) is 10.9. The van der Waals surface area contributed by atoms with Gasteiger partial charge in [0.05, 0.1) is 10.7 Å². The van der Waals surface area contributed by atoms with E-state index in [9.17, 15) is 4.79 Å². The standard InChI is InChI=1S/C12H21N3O2S/c1-9(2)11-15-10(8-18-11)4-6-14-12(17)13-5-3-7-16/h8-9,16H,3-7H2,1-2H3,(H2,13,14,17). The molecule has 0 aliphatic carbocycles. The first kappa shape index (κ1) is 14.9. The highest BCUT2D eigenvalue weighted by Crippen LogP contribution is 2.19. The van der Waals surface area contributed by atoms with Crippen LogP contribution in [0.2, 0.25) is 0 Å². The summed E-state index contributed by atoms with van der Waals surface area (Å²) in [5.74, 6) is 0.457. The Bertz CT molecular complexity index is 366. The fourth-order valence-corrected chi connectivity index (χ4v) is 2.22. The maximum atomic E-state index is 11.3. The number of nitrogens with zero attached hydrogens (tertiary/aromatic N) is 1. The number of carbonyl (C=O) groups excluding carboxylic acids is 1. The van der Waals surface area contributed by atoms with Crippen LogP contribution in [0.5, 0.6) is 0 Å². The van der Waals surface area contributed by atoms with Gasteiger partial charge in [-0.05, 0) is 6.42 Å². The summed E-state index contributed by atoms with van der Waals surface area (Å²) in [5, 5.41) is 17.2. The number of carbonyl (C=O) groups is 1. The summed E-state index contributed by atoms with van der Waals surface area (Å²) in [6, 6.07) is -0.192. The van der Waals surface area contributed by atoms with E-state index in [1.165, 1.54) is 0 Å². The lowest BCUT2D eigenvalue weighted by Gasteiger charge is -2.05. The second kappa shape index (κ2) is 8.05. The van der Waals surface area contributed by atoms with Crippen molar-refractivity contribution in [2.45, 2.75) is 32.6 Å². The van der Waals surface area contributed by atoms with E-state index in [1.54, 1.807) is 11.3 Å². The van der Waals surface area contributed by atoms with Gasteiger partial charge in [-0.15, -0.1) is 11.3 Å². The topological polar surface area (TPSA) is 74.2 Å². The van der Waals surface area contributed by atoms with Gasteiger partial charge in [0.2, 0.25) is 0 Å². The molecule has 0 fully saturated rings. The van der Waals surface area contributed by atoms with Crippen LogP contribution in [0.3, 0.4) is 0 Å². The minimum atomic E-state index is -0.192. The molecule has 5 nitrogen and oxygen atoms in total. The van der Waals surface area contributed by atoms with Crippen molar-refractivity contribution in [3.05, 3.63) is 16.1 Å². The van der Waals surface area contributed by atoms with E-state index < -0.39 is 0 Å². The molecule has 3 N–H and O–H groups in total. The number of thiazole rings is 1. The molecule has 0 saturated heterocycles. The number of rotatable bonds is 7. The van der Waals surface area contributed by atoms with E-state index in [4.69, 9.17) is 5.11 Å². The van der Waals surface area contributed by atoms with Crippen molar-refractivity contribution in [2.24, 2.45) is 0 Å². The molecule has 0 radical (unpaired) electrons. The molecule has 1 heterocycles. The summed E-state index contributed by atoms with van der Waals surface area (Å²) in [6.45, 7) is 5.41. The number of aromatic nitrogens is 1. The van der Waals surface area contributed by atoms with Gasteiger partial charge < -0.3 is 15.7 Å². The van der Waals surface area contributed by atoms with Crippen molar-refractivity contribution in [3.63, 3.8) is 0 Å². The van der Waals surface area contributed by atoms with Crippen LogP contribution in [0.15, 0.2) is 5.38 Å². The predicted molar refractivity (Wildman–Crippen MR) is 73.0 cm³/mol. The largest absolute Gasteiger partial charge is 0.396 e. The Kier molecular flexibility index (Phi) is 6.67. The molecule has 1 aromatic rings. The van der Waals surface area contributed by atoms with Gasteiger partial charge in [0.15, 0.2) is 0 Å². The Morgan fingerprint density at radius 2 is 2.17 bits per heavy atom. The average molecular weight is 271 g/mol. The van der Waals surface area contributed by atoms with Gasteiger partial charge in [0.25, 0.3) is 0 Å². The van der Waals surface area contributed by atoms with Crippen molar-refractivity contribution in [1.29, 1.82) is 0 Å². The van der Waals surface area contributed by atoms with Gasteiger partial charge in [-0.25, -0.2) is 9.78 Å². The van der Waals surface area contributed by atoms with Gasteiger partial charge in [0.1, 0.15) is 0 Å². The lowest BCUT2D eigenvalue weighted by molar-refractivity contribution is 0.238. The van der Waals surface area contributed by atoms with E-state index in [0.29, 0.717) is 25.4 Å². The molecule has 102 valence electrons. The minimum absolute atomic E-state index is 0.0943. The van der Waals surface area contributed by atoms with E-state index in [1.807, 2.05) is 5.38 Å². The third-order valence-corrected chi connectivity index (χ3v) is 3.54. The molecule has 0 spiro atoms. The van der Waals surface area contributed by atoms with Gasteiger partial charge >= 0.3 is 6.03 Å². The molecule has 0 aromatic carbocycles. The van der Waals surface area contributed by atoms with Crippen LogP contribution in [-0.2, 0) is 6.42 Å². The lowest BCUT2D eigenvalue weighted by atomic mass is 10.2. The number of hydrogen-bond donors (Lipinski definition) is 3. The maximum absolute atomic E-state index is 11.3. The Morgan fingerprint density at radius 1 is 1.44 bits per heavy atom. The molecule has 0 atom stereocenters. The summed E-state index contributed by atoms with van der Waals surface area (Å²) in [5.41, 5.74) is 1.03. The van der Waals surface area contributed by atoms with E-state index >= 15 is 0 Å². The van der Waals surface area contributed by atoms with E-state index in [0.717, 1.165) is 17.1 Å². The molecule has 2 amide bonds. The normalized spacial score (nSPS) is 10.7. The lowest BCUT2D eigenvalue weighted by Crippen LogP contribution is -2.37. The van der Waals surface area contributed by atoms with Crippen molar-refractivity contribution in [3.8, 4) is 0 Å². The first-order valence-electron chi connectivity index (χ1n) is 6.20. The molecule has 18 heavy (non-hydrogen) atoms. The van der Waals surface area contributed by atoms with Gasteiger partial charge in [-0.2, -0.15) is 0 Å². The third kappa shape index (κ3) is 5.46. The Morgan fingerprint density at radius 3 is 2.78 bits per heavy atom. The monoisotopic (exact) mass is 271 g/mol. The first-order chi connectivity index (χ1) is 8.63. The Balaban J connectivity index is 2.18. The summed E-state index contributed by atoms with van der Waals surface area (Å²) >= 11 is 1.67. The average Bonchev–Trinajstić information content (AvgIpc) is 2.78. The number of urea groups is 1. The van der Waals surface area contributed by atoms with Crippen LogP contribution in [0.25, 0.3) is 0 Å². The zero-order valence-corrected chi connectivity index (χ0v) is 11.7. The van der Waals surface area contributed by atoms with Crippen LogP contribution < -0.4 is 10.6 Å². The van der Waals surface area contributed by atoms with Crippen LogP contribution in [0.1, 0.15) is 36.9 Å². The number of hydrogen-bond acceptors (Lipinski definition) is 4. The molecule has 1 aromatic heterocycles. The number of aliphatic hydroxyl groups excluding tert-OH is 1. The summed E-state index contributed by atoms with van der Waals surface area (Å²) < 4.78 is 0. The van der Waals surface area contributed by atoms with Crippen molar-refractivity contribution in [1.82, 2.24) is 15.6 Å². The van der Waals surface area contributed by atoms with Crippen molar-refractivity contribution >= 4 is 17.4 Å². The zero-order chi connectivity index (χ0) is 13.4. The third-order valence-electron chi connectivity index (χ3n) is 2.35. The molecule has 0 saturated carbocycles. The molecule has 6 heteroatoms. The smallest absolute Gasteiger partial charge is 0.314 e. The quantitative estimate of drug-likeness (QED) is 0.658. The molecule has 1 rings (SSSR count). The highest BCUT2D eigenvalue weighted by molar-refractivity contribution is 7.09. The second-order valence-electron chi connectivity index (χ2n) is 4.34. The first-order valence-corrected chi connectivity index (χ1v) is 7.08. The fraction of sp³-hybridized carbons (Fsp3) is 0.667. The van der Waals surface area contributed by atoms with Crippen molar-refractivity contribution < 1.29 is 9.90 Å². The summed E-state index contributed by atoms with van der Waals surface area (Å²) in [4.78, 5) is 15.8. The second-order valence-corrected chi connectivity index (χ2v) is 5.23. The van der Waals surface area contributed by atoms with Gasteiger partial charge in [-0.1, -0.05) is 13.8 Å². The maximum Gasteiger partial charge on any atom is 0.314 e. The van der Waals surface area contributed by atoms with E-state index in [2.05, 4.69) is 29.5 Å². The molecule has 0 unspecified atom stereocenters. The number of nitrogens with one attached hydrogen (secondary N) is 2. The fourth-order valence-electron chi connectivity index (χ4n) is 1.35. The van der Waals surface area contributed by atoms with Crippen molar-refractivity contribution in [2.75, 3.05) is 19.7 Å². The molecule has 0 bridgehead atoms. The summed E-state index contributed by atoms with van der Waals surface area (Å²) in [6.07, 6.45) is 1.33. The van der Waals surface area contributed by atoms with Gasteiger partial charge in [-0.3, -0.25) is 0 Å².